The molecule has 2 aromatic rings. The van der Waals surface area contributed by atoms with Gasteiger partial charge in [-0.3, -0.25) is 9.80 Å². The highest BCUT2D eigenvalue weighted by Crippen LogP contribution is 2.44. The Morgan fingerprint density at radius 3 is 2.58 bits per heavy atom. The van der Waals surface area contributed by atoms with Crippen LogP contribution in [0, 0.1) is 17.7 Å². The van der Waals surface area contributed by atoms with Gasteiger partial charge in [0.1, 0.15) is 5.82 Å². The molecule has 1 aromatic carbocycles. The zero-order chi connectivity index (χ0) is 16.7. The number of nitrogen functional groups attached to an aromatic ring is 1. The molecule has 0 saturated carbocycles. The number of hydrogen-bond acceptors (Lipinski definition) is 5. The van der Waals surface area contributed by atoms with Gasteiger partial charge in [-0.05, 0) is 36.6 Å². The number of nitrogens with zero attached hydrogens (tertiary/aromatic N) is 4. The lowest BCUT2D eigenvalue weighted by Crippen LogP contribution is -2.29. The van der Waals surface area contributed by atoms with E-state index in [1.54, 1.807) is 18.5 Å². The zero-order valence-corrected chi connectivity index (χ0v) is 16.2. The summed E-state index contributed by atoms with van der Waals surface area (Å²) in [4.78, 5) is 13.0. The summed E-state index contributed by atoms with van der Waals surface area (Å²) < 4.78 is 13.6. The Morgan fingerprint density at radius 1 is 1.15 bits per heavy atom. The van der Waals surface area contributed by atoms with Gasteiger partial charge in [-0.2, -0.15) is 0 Å². The molecule has 4 rings (SSSR count). The van der Waals surface area contributed by atoms with Gasteiger partial charge in [-0.15, -0.1) is 24.8 Å². The first-order chi connectivity index (χ1) is 11.6. The Kier molecular flexibility index (Phi) is 6.80. The smallest absolute Gasteiger partial charge is 0.219 e. The van der Waals surface area contributed by atoms with Gasteiger partial charge < -0.3 is 5.73 Å². The minimum Gasteiger partial charge on any atom is -0.368 e. The van der Waals surface area contributed by atoms with Crippen molar-refractivity contribution in [1.82, 2.24) is 19.8 Å². The summed E-state index contributed by atoms with van der Waals surface area (Å²) in [5.74, 6) is 1.31. The fraction of sp³-hybridized carbons (Fsp3) is 0.444. The van der Waals surface area contributed by atoms with Crippen molar-refractivity contribution in [1.29, 1.82) is 0 Å². The molecule has 3 atom stereocenters. The van der Waals surface area contributed by atoms with Crippen LogP contribution in [0.2, 0.25) is 0 Å². The number of halogens is 3. The lowest BCUT2D eigenvalue weighted by atomic mass is 9.89. The van der Waals surface area contributed by atoms with Crippen LogP contribution in [-0.4, -0.2) is 46.4 Å². The number of anilines is 1. The topological polar surface area (TPSA) is 58.3 Å². The number of benzene rings is 1. The maximum absolute atomic E-state index is 13.6. The van der Waals surface area contributed by atoms with Gasteiger partial charge in [0.15, 0.2) is 0 Å². The van der Waals surface area contributed by atoms with Crippen LogP contribution >= 0.6 is 24.8 Å². The van der Waals surface area contributed by atoms with E-state index in [4.69, 9.17) is 5.73 Å². The average molecular weight is 400 g/mol. The van der Waals surface area contributed by atoms with Crippen molar-refractivity contribution in [2.24, 2.45) is 11.8 Å². The summed E-state index contributed by atoms with van der Waals surface area (Å²) in [5, 5.41) is 0. The SMILES string of the molecule is CN1C[C@H]2CN(Cc3cnc(N)nc3)C[C@H]2[C@@H]1c1cccc(F)c1.Cl.Cl. The monoisotopic (exact) mass is 399 g/mol. The van der Waals surface area contributed by atoms with Crippen LogP contribution in [0.3, 0.4) is 0 Å². The van der Waals surface area contributed by atoms with Crippen molar-refractivity contribution in [2.75, 3.05) is 32.4 Å². The fourth-order valence-corrected chi connectivity index (χ4v) is 4.38. The number of aromatic nitrogens is 2. The fourth-order valence-electron chi connectivity index (χ4n) is 4.38. The van der Waals surface area contributed by atoms with Crippen molar-refractivity contribution in [3.63, 3.8) is 0 Å². The molecule has 1 aromatic heterocycles. The molecule has 0 radical (unpaired) electrons. The first-order valence-corrected chi connectivity index (χ1v) is 8.34. The second-order valence-corrected chi connectivity index (χ2v) is 7.01. The Labute approximate surface area is 165 Å². The minimum atomic E-state index is -0.154. The lowest BCUT2D eigenvalue weighted by Gasteiger charge is -2.26. The summed E-state index contributed by atoms with van der Waals surface area (Å²) in [6, 6.07) is 7.34. The van der Waals surface area contributed by atoms with Gasteiger partial charge in [0.25, 0.3) is 0 Å². The maximum Gasteiger partial charge on any atom is 0.219 e. The molecular formula is C18H24Cl2FN5. The highest BCUT2D eigenvalue weighted by Gasteiger charge is 2.45. The van der Waals surface area contributed by atoms with Gasteiger partial charge in [0.05, 0.1) is 0 Å². The quantitative estimate of drug-likeness (QED) is 0.859. The van der Waals surface area contributed by atoms with Crippen LogP contribution in [-0.2, 0) is 6.54 Å². The largest absolute Gasteiger partial charge is 0.368 e. The van der Waals surface area contributed by atoms with Crippen molar-refractivity contribution >= 4 is 30.8 Å². The second-order valence-electron chi connectivity index (χ2n) is 7.01. The van der Waals surface area contributed by atoms with E-state index in [-0.39, 0.29) is 30.6 Å². The molecule has 142 valence electrons. The van der Waals surface area contributed by atoms with Gasteiger partial charge in [-0.25, -0.2) is 14.4 Å². The third-order valence-electron chi connectivity index (χ3n) is 5.29. The zero-order valence-electron chi connectivity index (χ0n) is 14.6. The van der Waals surface area contributed by atoms with E-state index >= 15 is 0 Å². The van der Waals surface area contributed by atoms with E-state index in [2.05, 4.69) is 26.8 Å². The van der Waals surface area contributed by atoms with Crippen molar-refractivity contribution in [3.8, 4) is 0 Å². The third kappa shape index (κ3) is 4.09. The van der Waals surface area contributed by atoms with E-state index in [0.29, 0.717) is 23.8 Å². The standard InChI is InChI=1S/C18H22FN5.2ClH/c1-23-9-14-10-24(8-12-6-21-18(20)22-7-12)11-16(14)17(23)13-3-2-4-15(19)5-13;;/h2-7,14,16-17H,8-11H2,1H3,(H2,20,21,22);2*1H/t14-,16+,17-;;/m0../s1. The Bertz CT molecular complexity index is 730. The molecule has 2 N–H and O–H groups in total. The first-order valence-electron chi connectivity index (χ1n) is 8.34. The number of fused-ring (bicyclic) bond motifs is 1. The predicted octanol–water partition coefficient (Wildman–Crippen LogP) is 2.78. The van der Waals surface area contributed by atoms with Gasteiger partial charge in [0, 0.05) is 50.2 Å². The summed E-state index contributed by atoms with van der Waals surface area (Å²) in [6.07, 6.45) is 3.60. The molecule has 2 aliphatic rings. The highest BCUT2D eigenvalue weighted by atomic mass is 35.5. The van der Waals surface area contributed by atoms with Crippen LogP contribution in [0.1, 0.15) is 17.2 Å². The molecule has 0 aliphatic carbocycles. The Balaban J connectivity index is 0.00000121. The van der Waals surface area contributed by atoms with E-state index in [1.807, 2.05) is 12.1 Å². The number of likely N-dealkylation sites (tertiary alicyclic amines) is 2. The molecule has 0 amide bonds. The molecule has 2 aliphatic heterocycles. The molecule has 0 bridgehead atoms. The molecule has 2 fully saturated rings. The van der Waals surface area contributed by atoms with Crippen LogP contribution in [0.15, 0.2) is 36.7 Å². The maximum atomic E-state index is 13.6. The minimum absolute atomic E-state index is 0. The summed E-state index contributed by atoms with van der Waals surface area (Å²) in [6.45, 7) is 3.97. The molecule has 2 saturated heterocycles. The van der Waals surface area contributed by atoms with Crippen LogP contribution < -0.4 is 5.73 Å². The Morgan fingerprint density at radius 2 is 1.88 bits per heavy atom. The van der Waals surface area contributed by atoms with Crippen molar-refractivity contribution < 1.29 is 4.39 Å². The molecule has 5 nitrogen and oxygen atoms in total. The van der Waals surface area contributed by atoms with E-state index in [1.165, 1.54) is 6.07 Å². The van der Waals surface area contributed by atoms with E-state index in [0.717, 1.165) is 37.3 Å². The number of nitrogens with two attached hydrogens (primary N) is 1. The van der Waals surface area contributed by atoms with Crippen molar-refractivity contribution in [2.45, 2.75) is 12.6 Å². The Hall–Kier alpha value is -1.47. The first kappa shape index (κ1) is 20.8. The lowest BCUT2D eigenvalue weighted by molar-refractivity contribution is 0.224. The van der Waals surface area contributed by atoms with Crippen LogP contribution in [0.25, 0.3) is 0 Å². The number of rotatable bonds is 3. The van der Waals surface area contributed by atoms with Gasteiger partial charge >= 0.3 is 0 Å². The average Bonchev–Trinajstić information content (AvgIpc) is 3.05. The molecule has 3 heterocycles. The molecular weight excluding hydrogens is 376 g/mol. The summed E-state index contributed by atoms with van der Waals surface area (Å²) in [5.41, 5.74) is 7.72. The molecule has 0 unspecified atom stereocenters. The second kappa shape index (κ2) is 8.48. The van der Waals surface area contributed by atoms with E-state index in [9.17, 15) is 4.39 Å². The van der Waals surface area contributed by atoms with Crippen LogP contribution in [0.4, 0.5) is 10.3 Å². The normalized spacial score (nSPS) is 25.4. The molecule has 26 heavy (non-hydrogen) atoms. The molecule has 8 heteroatoms. The highest BCUT2D eigenvalue weighted by molar-refractivity contribution is 5.85. The van der Waals surface area contributed by atoms with Crippen LogP contribution in [0.5, 0.6) is 0 Å². The number of hydrogen-bond donors (Lipinski definition) is 1. The third-order valence-corrected chi connectivity index (χ3v) is 5.29. The van der Waals surface area contributed by atoms with E-state index < -0.39 is 0 Å². The van der Waals surface area contributed by atoms with Gasteiger partial charge in [0.2, 0.25) is 5.95 Å². The van der Waals surface area contributed by atoms with Crippen molar-refractivity contribution in [3.05, 3.63) is 53.6 Å². The predicted molar refractivity (Wildman–Crippen MR) is 105 cm³/mol. The summed E-state index contributed by atoms with van der Waals surface area (Å²) >= 11 is 0. The van der Waals surface area contributed by atoms with Gasteiger partial charge in [-0.1, -0.05) is 12.1 Å². The molecule has 0 spiro atoms. The summed E-state index contributed by atoms with van der Waals surface area (Å²) in [7, 11) is 2.14.